The first kappa shape index (κ1) is 29.4. The summed E-state index contributed by atoms with van der Waals surface area (Å²) < 4.78 is 38.0. The predicted molar refractivity (Wildman–Crippen MR) is 158 cm³/mol. The van der Waals surface area contributed by atoms with Gasteiger partial charge < -0.3 is 14.4 Å². The van der Waals surface area contributed by atoms with E-state index in [9.17, 15) is 13.2 Å². The quantitative estimate of drug-likeness (QED) is 0.405. The molecule has 214 valence electrons. The number of sulfonamides is 1. The van der Waals surface area contributed by atoms with E-state index in [2.05, 4.69) is 17.0 Å². The molecule has 3 aromatic carbocycles. The Hall–Kier alpha value is -3.56. The van der Waals surface area contributed by atoms with E-state index < -0.39 is 10.0 Å². The highest BCUT2D eigenvalue weighted by Crippen LogP contribution is 2.29. The molecule has 8 nitrogen and oxygen atoms in total. The lowest BCUT2D eigenvalue weighted by molar-refractivity contribution is -0.132. The number of ether oxygens (including phenoxy) is 2. The summed E-state index contributed by atoms with van der Waals surface area (Å²) >= 11 is 0. The van der Waals surface area contributed by atoms with E-state index in [1.54, 1.807) is 14.2 Å². The van der Waals surface area contributed by atoms with Crippen molar-refractivity contribution in [2.45, 2.75) is 32.4 Å². The molecule has 0 N–H and O–H groups in total. The molecule has 0 saturated heterocycles. The fraction of sp³-hybridized carbons (Fsp3) is 0.387. The van der Waals surface area contributed by atoms with E-state index in [4.69, 9.17) is 9.47 Å². The van der Waals surface area contributed by atoms with Gasteiger partial charge in [-0.15, -0.1) is 0 Å². The Kier molecular flexibility index (Phi) is 10.1. The molecule has 0 spiro atoms. The molecule has 1 heterocycles. The predicted octanol–water partition coefficient (Wildman–Crippen LogP) is 4.34. The summed E-state index contributed by atoms with van der Waals surface area (Å²) in [4.78, 5) is 17.8. The number of benzene rings is 3. The van der Waals surface area contributed by atoms with Gasteiger partial charge in [0, 0.05) is 45.7 Å². The Balaban J connectivity index is 1.59. The molecule has 0 radical (unpaired) electrons. The second kappa shape index (κ2) is 13.7. The molecule has 3 aromatic rings. The molecule has 1 amide bonds. The van der Waals surface area contributed by atoms with Gasteiger partial charge in [-0.05, 0) is 47.7 Å². The maximum atomic E-state index is 13.7. The SMILES string of the molecule is COc1ccc(CCC(=O)N2CCN(Cc3ccccc3)CCCN(S(C)(=O)=O)c3ccccc3C2)cc1OC. The van der Waals surface area contributed by atoms with Crippen molar-refractivity contribution in [3.63, 3.8) is 0 Å². The third kappa shape index (κ3) is 7.76. The standard InChI is InChI=1S/C31H39N3O5S/c1-38-29-16-14-25(22-30(29)39-2)15-17-31(35)33-21-20-32(23-26-10-5-4-6-11-26)18-9-19-34(40(3,36)37)28-13-8-7-12-27(28)24-33/h4-8,10-14,16,22H,9,15,17-21,23-24H2,1-3H3. The third-order valence-electron chi connectivity index (χ3n) is 7.22. The topological polar surface area (TPSA) is 79.4 Å². The highest BCUT2D eigenvalue weighted by molar-refractivity contribution is 7.92. The van der Waals surface area contributed by atoms with Crippen molar-refractivity contribution >= 4 is 21.6 Å². The first-order valence-corrected chi connectivity index (χ1v) is 15.4. The minimum absolute atomic E-state index is 0.0226. The van der Waals surface area contributed by atoms with Crippen molar-refractivity contribution in [3.8, 4) is 11.5 Å². The first-order valence-electron chi connectivity index (χ1n) is 13.6. The maximum Gasteiger partial charge on any atom is 0.232 e. The first-order chi connectivity index (χ1) is 19.3. The Bertz CT molecular complexity index is 1380. The summed E-state index contributed by atoms with van der Waals surface area (Å²) in [6.45, 7) is 3.42. The van der Waals surface area contributed by atoms with Gasteiger partial charge in [0.05, 0.1) is 26.2 Å². The van der Waals surface area contributed by atoms with Gasteiger partial charge in [-0.2, -0.15) is 0 Å². The second-order valence-corrected chi connectivity index (χ2v) is 12.0. The van der Waals surface area contributed by atoms with Crippen molar-refractivity contribution in [1.29, 1.82) is 0 Å². The van der Waals surface area contributed by atoms with Gasteiger partial charge in [0.2, 0.25) is 15.9 Å². The Morgan fingerprint density at radius 1 is 0.825 bits per heavy atom. The van der Waals surface area contributed by atoms with E-state index in [0.717, 1.165) is 24.2 Å². The summed E-state index contributed by atoms with van der Waals surface area (Å²) in [6.07, 6.45) is 2.81. The smallest absolute Gasteiger partial charge is 0.232 e. The van der Waals surface area contributed by atoms with Crippen LogP contribution in [0.25, 0.3) is 0 Å². The van der Waals surface area contributed by atoms with Crippen LogP contribution in [0.15, 0.2) is 72.8 Å². The maximum absolute atomic E-state index is 13.7. The summed E-state index contributed by atoms with van der Waals surface area (Å²) in [5.41, 5.74) is 3.63. The number of hydrogen-bond acceptors (Lipinski definition) is 6. The number of hydrogen-bond donors (Lipinski definition) is 0. The van der Waals surface area contributed by atoms with Crippen molar-refractivity contribution in [3.05, 3.63) is 89.5 Å². The molecular formula is C31H39N3O5S. The molecule has 0 aromatic heterocycles. The van der Waals surface area contributed by atoms with Crippen LogP contribution < -0.4 is 13.8 Å². The number of methoxy groups -OCH3 is 2. The molecule has 0 saturated carbocycles. The highest BCUT2D eigenvalue weighted by atomic mass is 32.2. The number of carbonyl (C=O) groups excluding carboxylic acids is 1. The van der Waals surface area contributed by atoms with Crippen molar-refractivity contribution in [1.82, 2.24) is 9.80 Å². The van der Waals surface area contributed by atoms with Gasteiger partial charge >= 0.3 is 0 Å². The number of fused-ring (bicyclic) bond motifs is 1. The van der Waals surface area contributed by atoms with Crippen molar-refractivity contribution in [2.24, 2.45) is 0 Å². The number of para-hydroxylation sites is 1. The lowest BCUT2D eigenvalue weighted by atomic mass is 10.1. The molecule has 0 atom stereocenters. The fourth-order valence-electron chi connectivity index (χ4n) is 5.11. The van der Waals surface area contributed by atoms with Crippen LogP contribution in [0.2, 0.25) is 0 Å². The molecule has 1 aliphatic heterocycles. The molecule has 0 unspecified atom stereocenters. The van der Waals surface area contributed by atoms with Gasteiger partial charge in [-0.3, -0.25) is 14.0 Å². The lowest BCUT2D eigenvalue weighted by Crippen LogP contribution is -2.38. The second-order valence-electron chi connectivity index (χ2n) is 10.1. The summed E-state index contributed by atoms with van der Waals surface area (Å²) in [6, 6.07) is 23.4. The normalized spacial score (nSPS) is 15.2. The van der Waals surface area contributed by atoms with Crippen molar-refractivity contribution in [2.75, 3.05) is 51.0 Å². The summed E-state index contributed by atoms with van der Waals surface area (Å²) in [5.74, 6) is 1.30. The fourth-order valence-corrected chi connectivity index (χ4v) is 6.10. The van der Waals surface area contributed by atoms with Crippen LogP contribution in [0.5, 0.6) is 11.5 Å². The molecule has 4 rings (SSSR count). The lowest BCUT2D eigenvalue weighted by Gasteiger charge is -2.28. The van der Waals surface area contributed by atoms with E-state index in [1.807, 2.05) is 65.6 Å². The van der Waals surface area contributed by atoms with Gasteiger partial charge in [-0.25, -0.2) is 8.42 Å². The molecular weight excluding hydrogens is 526 g/mol. The molecule has 0 bridgehead atoms. The Morgan fingerprint density at radius 2 is 1.55 bits per heavy atom. The monoisotopic (exact) mass is 565 g/mol. The Morgan fingerprint density at radius 3 is 2.27 bits per heavy atom. The van der Waals surface area contributed by atoms with Gasteiger partial charge in [0.15, 0.2) is 11.5 Å². The van der Waals surface area contributed by atoms with E-state index >= 15 is 0 Å². The largest absolute Gasteiger partial charge is 0.493 e. The van der Waals surface area contributed by atoms with Crippen molar-refractivity contribution < 1.29 is 22.7 Å². The zero-order valence-corrected chi connectivity index (χ0v) is 24.4. The van der Waals surface area contributed by atoms with E-state index in [1.165, 1.54) is 16.1 Å². The van der Waals surface area contributed by atoms with Gasteiger partial charge in [-0.1, -0.05) is 54.6 Å². The number of rotatable bonds is 8. The molecule has 0 fully saturated rings. The van der Waals surface area contributed by atoms with Crippen LogP contribution >= 0.6 is 0 Å². The number of anilines is 1. The minimum atomic E-state index is -3.50. The van der Waals surface area contributed by atoms with Gasteiger partial charge in [0.25, 0.3) is 0 Å². The number of amides is 1. The van der Waals surface area contributed by atoms with Crippen LogP contribution in [0.1, 0.15) is 29.5 Å². The van der Waals surface area contributed by atoms with Crippen LogP contribution in [0.3, 0.4) is 0 Å². The summed E-state index contributed by atoms with van der Waals surface area (Å²) in [7, 11) is -0.308. The minimum Gasteiger partial charge on any atom is -0.493 e. The zero-order valence-electron chi connectivity index (χ0n) is 23.6. The molecule has 1 aliphatic rings. The summed E-state index contributed by atoms with van der Waals surface area (Å²) in [5, 5.41) is 0. The zero-order chi connectivity index (χ0) is 28.5. The van der Waals surface area contributed by atoms with Gasteiger partial charge in [0.1, 0.15) is 0 Å². The average molecular weight is 566 g/mol. The molecule has 40 heavy (non-hydrogen) atoms. The van der Waals surface area contributed by atoms with Crippen LogP contribution in [0.4, 0.5) is 5.69 Å². The molecule has 9 heteroatoms. The van der Waals surface area contributed by atoms with E-state index in [0.29, 0.717) is 62.6 Å². The average Bonchev–Trinajstić information content (AvgIpc) is 2.99. The van der Waals surface area contributed by atoms with E-state index in [-0.39, 0.29) is 5.91 Å². The number of carbonyl (C=O) groups is 1. The number of aryl methyl sites for hydroxylation is 1. The third-order valence-corrected chi connectivity index (χ3v) is 8.40. The number of nitrogens with zero attached hydrogens (tertiary/aromatic N) is 3. The molecule has 0 aliphatic carbocycles. The van der Waals surface area contributed by atoms with Crippen LogP contribution in [0, 0.1) is 0 Å². The Labute approximate surface area is 238 Å². The van der Waals surface area contributed by atoms with Crippen LogP contribution in [-0.4, -0.2) is 70.8 Å². The van der Waals surface area contributed by atoms with Crippen LogP contribution in [-0.2, 0) is 34.3 Å². The highest BCUT2D eigenvalue weighted by Gasteiger charge is 2.24.